The molecule has 1 aromatic rings. The lowest BCUT2D eigenvalue weighted by molar-refractivity contribution is -0.0328. The number of rotatable bonds is 5. The van der Waals surface area contributed by atoms with E-state index in [0.717, 1.165) is 29.3 Å². The maximum Gasteiger partial charge on any atom is 0.0914 e. The average Bonchev–Trinajstić information content (AvgIpc) is 2.26. The first-order valence-corrected chi connectivity index (χ1v) is 6.75. The minimum absolute atomic E-state index is 0.471. The molecule has 1 aliphatic carbocycles. The van der Waals surface area contributed by atoms with Gasteiger partial charge in [-0.3, -0.25) is 0 Å². The number of halogens is 1. The summed E-state index contributed by atoms with van der Waals surface area (Å²) in [5.41, 5.74) is 0.351. The van der Waals surface area contributed by atoms with Crippen molar-refractivity contribution in [2.45, 2.75) is 31.0 Å². The molecule has 0 saturated heterocycles. The predicted molar refractivity (Wildman–Crippen MR) is 70.8 cm³/mol. The summed E-state index contributed by atoms with van der Waals surface area (Å²) in [5, 5.41) is 23.0. The lowest BCUT2D eigenvalue weighted by Crippen LogP contribution is -2.46. The van der Waals surface area contributed by atoms with Gasteiger partial charge in [0.05, 0.1) is 11.7 Å². The zero-order valence-electron chi connectivity index (χ0n) is 9.69. The Morgan fingerprint density at radius 2 is 2.18 bits per heavy atom. The van der Waals surface area contributed by atoms with Crippen molar-refractivity contribution < 1.29 is 10.2 Å². The Labute approximate surface area is 110 Å². The molecule has 0 heterocycles. The van der Waals surface area contributed by atoms with Crippen LogP contribution in [0.1, 0.15) is 30.9 Å². The summed E-state index contributed by atoms with van der Waals surface area (Å²) in [6, 6.07) is 7.64. The highest BCUT2D eigenvalue weighted by Gasteiger charge is 2.33. The van der Waals surface area contributed by atoms with Gasteiger partial charge >= 0.3 is 0 Å². The van der Waals surface area contributed by atoms with E-state index < -0.39 is 11.7 Å². The van der Waals surface area contributed by atoms with Crippen LogP contribution in [0, 0.1) is 0 Å². The SMILES string of the molecule is OC(CNCC1(O)CCC1)c1cccc(Br)c1. The topological polar surface area (TPSA) is 52.5 Å². The Bertz CT molecular complexity index is 379. The normalized spacial score (nSPS) is 19.7. The van der Waals surface area contributed by atoms with Gasteiger partial charge in [0.15, 0.2) is 0 Å². The third-order valence-corrected chi connectivity index (χ3v) is 3.80. The van der Waals surface area contributed by atoms with Crippen LogP contribution >= 0.6 is 15.9 Å². The maximum absolute atomic E-state index is 9.97. The lowest BCUT2D eigenvalue weighted by atomic mass is 9.80. The van der Waals surface area contributed by atoms with Gasteiger partial charge in [-0.15, -0.1) is 0 Å². The zero-order chi connectivity index (χ0) is 12.3. The molecule has 0 radical (unpaired) electrons. The molecule has 0 spiro atoms. The summed E-state index contributed by atoms with van der Waals surface area (Å²) in [6.07, 6.45) is 2.31. The van der Waals surface area contributed by atoms with Crippen molar-refractivity contribution in [3.63, 3.8) is 0 Å². The Kier molecular flexibility index (Phi) is 4.20. The largest absolute Gasteiger partial charge is 0.389 e. The summed E-state index contributed by atoms with van der Waals surface area (Å²) in [4.78, 5) is 0. The summed E-state index contributed by atoms with van der Waals surface area (Å²) in [7, 11) is 0. The number of benzene rings is 1. The van der Waals surface area contributed by atoms with Crippen LogP contribution in [0.5, 0.6) is 0 Å². The molecule has 0 bridgehead atoms. The first-order chi connectivity index (χ1) is 8.09. The fourth-order valence-electron chi connectivity index (χ4n) is 2.03. The van der Waals surface area contributed by atoms with Crippen LogP contribution in [0.25, 0.3) is 0 Å². The Balaban J connectivity index is 1.79. The number of hydrogen-bond acceptors (Lipinski definition) is 3. The van der Waals surface area contributed by atoms with Crippen LogP contribution in [-0.2, 0) is 0 Å². The van der Waals surface area contributed by atoms with E-state index in [1.165, 1.54) is 0 Å². The molecule has 1 unspecified atom stereocenters. The maximum atomic E-state index is 9.97. The third-order valence-electron chi connectivity index (χ3n) is 3.31. The Hall–Kier alpha value is -0.420. The highest BCUT2D eigenvalue weighted by Crippen LogP contribution is 2.30. The molecule has 1 saturated carbocycles. The molecule has 0 aromatic heterocycles. The van der Waals surface area contributed by atoms with E-state index in [9.17, 15) is 10.2 Å². The molecule has 1 aliphatic rings. The molecule has 17 heavy (non-hydrogen) atoms. The van der Waals surface area contributed by atoms with Gasteiger partial charge in [-0.2, -0.15) is 0 Å². The monoisotopic (exact) mass is 299 g/mol. The molecule has 1 aromatic carbocycles. The van der Waals surface area contributed by atoms with Crippen molar-refractivity contribution in [1.82, 2.24) is 5.32 Å². The molecule has 4 heteroatoms. The minimum Gasteiger partial charge on any atom is -0.389 e. The first-order valence-electron chi connectivity index (χ1n) is 5.96. The van der Waals surface area contributed by atoms with E-state index in [1.807, 2.05) is 24.3 Å². The van der Waals surface area contributed by atoms with Crippen molar-refractivity contribution in [1.29, 1.82) is 0 Å². The fourth-order valence-corrected chi connectivity index (χ4v) is 2.45. The van der Waals surface area contributed by atoms with Crippen LogP contribution in [0.15, 0.2) is 28.7 Å². The van der Waals surface area contributed by atoms with E-state index in [0.29, 0.717) is 13.1 Å². The van der Waals surface area contributed by atoms with E-state index in [4.69, 9.17) is 0 Å². The highest BCUT2D eigenvalue weighted by molar-refractivity contribution is 9.10. The quantitative estimate of drug-likeness (QED) is 0.779. The van der Waals surface area contributed by atoms with Gasteiger partial charge in [-0.25, -0.2) is 0 Å². The number of aliphatic hydroxyl groups is 2. The van der Waals surface area contributed by atoms with Crippen LogP contribution in [-0.4, -0.2) is 28.9 Å². The smallest absolute Gasteiger partial charge is 0.0914 e. The predicted octanol–water partition coefficient (Wildman–Crippen LogP) is 1.99. The minimum atomic E-state index is -0.531. The highest BCUT2D eigenvalue weighted by atomic mass is 79.9. The van der Waals surface area contributed by atoms with E-state index in [-0.39, 0.29) is 0 Å². The molecule has 1 atom stereocenters. The van der Waals surface area contributed by atoms with Gasteiger partial charge in [0.1, 0.15) is 0 Å². The van der Waals surface area contributed by atoms with Crippen LogP contribution in [0.4, 0.5) is 0 Å². The van der Waals surface area contributed by atoms with Gasteiger partial charge in [-0.05, 0) is 37.0 Å². The van der Waals surface area contributed by atoms with Crippen molar-refractivity contribution in [2.75, 3.05) is 13.1 Å². The van der Waals surface area contributed by atoms with Crippen molar-refractivity contribution in [3.05, 3.63) is 34.3 Å². The molecule has 94 valence electrons. The third kappa shape index (κ3) is 3.52. The molecule has 0 aliphatic heterocycles. The standard InChI is InChI=1S/C13H18BrNO2/c14-11-4-1-3-10(7-11)12(16)8-15-9-13(17)5-2-6-13/h1,3-4,7,12,15-17H,2,5-6,8-9H2. The second-order valence-corrected chi connectivity index (χ2v) is 5.70. The summed E-state index contributed by atoms with van der Waals surface area (Å²) >= 11 is 3.38. The van der Waals surface area contributed by atoms with E-state index in [1.54, 1.807) is 0 Å². The second kappa shape index (κ2) is 5.48. The van der Waals surface area contributed by atoms with Crippen LogP contribution in [0.3, 0.4) is 0 Å². The summed E-state index contributed by atoms with van der Waals surface area (Å²) < 4.78 is 0.965. The van der Waals surface area contributed by atoms with Gasteiger partial charge in [0.25, 0.3) is 0 Å². The number of hydrogen-bond donors (Lipinski definition) is 3. The summed E-state index contributed by atoms with van der Waals surface area (Å²) in [6.45, 7) is 1.04. The van der Waals surface area contributed by atoms with Crippen molar-refractivity contribution >= 4 is 15.9 Å². The first kappa shape index (κ1) is 13.0. The molecule has 2 rings (SSSR count). The van der Waals surface area contributed by atoms with Crippen molar-refractivity contribution in [3.8, 4) is 0 Å². The molecule has 3 N–H and O–H groups in total. The van der Waals surface area contributed by atoms with Gasteiger partial charge in [-0.1, -0.05) is 28.1 Å². The molecular formula is C13H18BrNO2. The van der Waals surface area contributed by atoms with Gasteiger partial charge < -0.3 is 15.5 Å². The molecule has 0 amide bonds. The van der Waals surface area contributed by atoms with Gasteiger partial charge in [0, 0.05) is 17.6 Å². The second-order valence-electron chi connectivity index (χ2n) is 4.78. The molecule has 1 fully saturated rings. The number of aliphatic hydroxyl groups excluding tert-OH is 1. The van der Waals surface area contributed by atoms with Crippen LogP contribution < -0.4 is 5.32 Å². The lowest BCUT2D eigenvalue weighted by Gasteiger charge is -2.37. The van der Waals surface area contributed by atoms with Crippen LogP contribution in [0.2, 0.25) is 0 Å². The van der Waals surface area contributed by atoms with Gasteiger partial charge in [0.2, 0.25) is 0 Å². The van der Waals surface area contributed by atoms with E-state index >= 15 is 0 Å². The summed E-state index contributed by atoms with van der Waals surface area (Å²) in [5.74, 6) is 0. The zero-order valence-corrected chi connectivity index (χ0v) is 11.3. The Morgan fingerprint density at radius 3 is 2.76 bits per heavy atom. The molecule has 3 nitrogen and oxygen atoms in total. The fraction of sp³-hybridized carbons (Fsp3) is 0.538. The molecular weight excluding hydrogens is 282 g/mol. The Morgan fingerprint density at radius 1 is 1.41 bits per heavy atom. The van der Waals surface area contributed by atoms with Crippen molar-refractivity contribution in [2.24, 2.45) is 0 Å². The average molecular weight is 300 g/mol. The number of nitrogens with one attached hydrogen (secondary N) is 1. The van der Waals surface area contributed by atoms with E-state index in [2.05, 4.69) is 21.2 Å².